The zero-order valence-corrected chi connectivity index (χ0v) is 18.1. The quantitative estimate of drug-likeness (QED) is 0.206. The van der Waals surface area contributed by atoms with Crippen molar-refractivity contribution in [3.63, 3.8) is 0 Å². The average molecular weight is 369 g/mol. The highest BCUT2D eigenvalue weighted by Gasteiger charge is 2.15. The van der Waals surface area contributed by atoms with Crippen LogP contribution in [-0.4, -0.2) is 11.1 Å². The van der Waals surface area contributed by atoms with Crippen LogP contribution in [0.15, 0.2) is 0 Å². The molecule has 0 aliphatic rings. The molecule has 0 bridgehead atoms. The van der Waals surface area contributed by atoms with Crippen LogP contribution in [0.3, 0.4) is 0 Å². The highest BCUT2D eigenvalue weighted by Crippen LogP contribution is 2.19. The SMILES string of the molecule is CCCCCCCCCCCCCCCCCC(CCCCC)C(=O)O. The van der Waals surface area contributed by atoms with Crippen LogP contribution >= 0.6 is 0 Å². The Hall–Kier alpha value is -0.530. The van der Waals surface area contributed by atoms with Crippen molar-refractivity contribution in [2.45, 2.75) is 142 Å². The third kappa shape index (κ3) is 18.3. The van der Waals surface area contributed by atoms with Gasteiger partial charge in [-0.15, -0.1) is 0 Å². The first-order valence-corrected chi connectivity index (χ1v) is 11.9. The van der Waals surface area contributed by atoms with Crippen LogP contribution in [0.2, 0.25) is 0 Å². The number of aliphatic carboxylic acids is 1. The van der Waals surface area contributed by atoms with Crippen LogP contribution in [0.4, 0.5) is 0 Å². The number of hydrogen-bond donors (Lipinski definition) is 1. The molecular weight excluding hydrogens is 320 g/mol. The Morgan fingerprint density at radius 1 is 0.538 bits per heavy atom. The van der Waals surface area contributed by atoms with Crippen LogP contribution in [0.25, 0.3) is 0 Å². The first-order valence-electron chi connectivity index (χ1n) is 11.9. The van der Waals surface area contributed by atoms with Gasteiger partial charge in [0.1, 0.15) is 0 Å². The van der Waals surface area contributed by atoms with Gasteiger partial charge in [0.2, 0.25) is 0 Å². The molecule has 156 valence electrons. The van der Waals surface area contributed by atoms with Gasteiger partial charge in [0.25, 0.3) is 0 Å². The molecule has 0 aromatic rings. The van der Waals surface area contributed by atoms with E-state index in [-0.39, 0.29) is 5.92 Å². The van der Waals surface area contributed by atoms with Gasteiger partial charge in [-0.3, -0.25) is 4.79 Å². The summed E-state index contributed by atoms with van der Waals surface area (Å²) in [5.41, 5.74) is 0. The van der Waals surface area contributed by atoms with E-state index < -0.39 is 5.97 Å². The molecule has 0 spiro atoms. The van der Waals surface area contributed by atoms with E-state index in [9.17, 15) is 9.90 Å². The molecule has 0 rings (SSSR count). The minimum Gasteiger partial charge on any atom is -0.481 e. The van der Waals surface area contributed by atoms with Crippen molar-refractivity contribution in [1.29, 1.82) is 0 Å². The van der Waals surface area contributed by atoms with E-state index in [0.717, 1.165) is 25.7 Å². The molecule has 0 radical (unpaired) electrons. The van der Waals surface area contributed by atoms with Crippen LogP contribution in [-0.2, 0) is 4.79 Å². The summed E-state index contributed by atoms with van der Waals surface area (Å²) in [6.07, 6.45) is 25.7. The third-order valence-electron chi connectivity index (χ3n) is 5.66. The van der Waals surface area contributed by atoms with Gasteiger partial charge in [-0.2, -0.15) is 0 Å². The van der Waals surface area contributed by atoms with Crippen molar-refractivity contribution in [3.05, 3.63) is 0 Å². The maximum Gasteiger partial charge on any atom is 0.306 e. The van der Waals surface area contributed by atoms with Crippen molar-refractivity contribution in [2.75, 3.05) is 0 Å². The fraction of sp³-hybridized carbons (Fsp3) is 0.958. The second-order valence-corrected chi connectivity index (χ2v) is 8.27. The summed E-state index contributed by atoms with van der Waals surface area (Å²) in [5.74, 6) is -0.671. The minimum atomic E-state index is -0.577. The Bertz CT molecular complexity index is 288. The molecule has 2 nitrogen and oxygen atoms in total. The van der Waals surface area contributed by atoms with Crippen molar-refractivity contribution in [2.24, 2.45) is 5.92 Å². The Labute approximate surface area is 164 Å². The van der Waals surface area contributed by atoms with Crippen LogP contribution < -0.4 is 0 Å². The molecule has 0 aromatic heterocycles. The molecule has 0 aromatic carbocycles. The summed E-state index contributed by atoms with van der Waals surface area (Å²) >= 11 is 0. The van der Waals surface area contributed by atoms with Crippen molar-refractivity contribution in [1.82, 2.24) is 0 Å². The van der Waals surface area contributed by atoms with Crippen molar-refractivity contribution < 1.29 is 9.90 Å². The van der Waals surface area contributed by atoms with E-state index in [2.05, 4.69) is 13.8 Å². The lowest BCUT2D eigenvalue weighted by Gasteiger charge is -2.11. The molecule has 0 heterocycles. The zero-order chi connectivity index (χ0) is 19.3. The summed E-state index contributed by atoms with van der Waals surface area (Å²) in [7, 11) is 0. The molecule has 1 N–H and O–H groups in total. The first-order chi connectivity index (χ1) is 12.7. The molecule has 2 heteroatoms. The Morgan fingerprint density at radius 3 is 1.15 bits per heavy atom. The fourth-order valence-corrected chi connectivity index (χ4v) is 3.79. The predicted octanol–water partition coefficient (Wildman–Crippen LogP) is 8.53. The van der Waals surface area contributed by atoms with Gasteiger partial charge in [-0.1, -0.05) is 129 Å². The molecule has 26 heavy (non-hydrogen) atoms. The molecule has 0 saturated heterocycles. The monoisotopic (exact) mass is 368 g/mol. The Kier molecular flexibility index (Phi) is 20.4. The van der Waals surface area contributed by atoms with E-state index >= 15 is 0 Å². The van der Waals surface area contributed by atoms with E-state index in [1.54, 1.807) is 0 Å². The van der Waals surface area contributed by atoms with Gasteiger partial charge in [0, 0.05) is 0 Å². The maximum atomic E-state index is 11.3. The van der Waals surface area contributed by atoms with Crippen LogP contribution in [0.1, 0.15) is 142 Å². The second-order valence-electron chi connectivity index (χ2n) is 8.27. The lowest BCUT2D eigenvalue weighted by atomic mass is 9.94. The van der Waals surface area contributed by atoms with Gasteiger partial charge in [-0.05, 0) is 12.8 Å². The molecule has 1 atom stereocenters. The summed E-state index contributed by atoms with van der Waals surface area (Å²) in [5, 5.41) is 9.29. The first kappa shape index (κ1) is 25.5. The average Bonchev–Trinajstić information content (AvgIpc) is 2.63. The number of unbranched alkanes of at least 4 members (excludes halogenated alkanes) is 16. The standard InChI is InChI=1S/C24H48O2/c1-3-5-7-8-9-10-11-12-13-14-15-16-17-18-20-22-23(24(25)26)21-19-6-4-2/h23H,3-22H2,1-2H3,(H,25,26). The predicted molar refractivity (Wildman–Crippen MR) is 115 cm³/mol. The molecule has 0 aliphatic carbocycles. The van der Waals surface area contributed by atoms with E-state index in [0.29, 0.717) is 0 Å². The lowest BCUT2D eigenvalue weighted by Crippen LogP contribution is -2.13. The number of carboxylic acid groups (broad SMARTS) is 1. The van der Waals surface area contributed by atoms with Gasteiger partial charge in [-0.25, -0.2) is 0 Å². The number of carboxylic acids is 1. The molecule has 0 amide bonds. The Morgan fingerprint density at radius 2 is 0.808 bits per heavy atom. The normalized spacial score (nSPS) is 12.4. The Balaban J connectivity index is 3.28. The molecule has 0 aliphatic heterocycles. The van der Waals surface area contributed by atoms with E-state index in [4.69, 9.17) is 0 Å². The fourth-order valence-electron chi connectivity index (χ4n) is 3.79. The number of rotatable bonds is 21. The van der Waals surface area contributed by atoms with Gasteiger partial charge in [0.05, 0.1) is 5.92 Å². The molecule has 0 fully saturated rings. The highest BCUT2D eigenvalue weighted by atomic mass is 16.4. The summed E-state index contributed by atoms with van der Waals surface area (Å²) in [6, 6.07) is 0. The van der Waals surface area contributed by atoms with Crippen molar-refractivity contribution in [3.8, 4) is 0 Å². The lowest BCUT2D eigenvalue weighted by molar-refractivity contribution is -0.142. The second kappa shape index (κ2) is 20.8. The van der Waals surface area contributed by atoms with Gasteiger partial charge < -0.3 is 5.11 Å². The molecule has 1 unspecified atom stereocenters. The van der Waals surface area contributed by atoms with Gasteiger partial charge >= 0.3 is 5.97 Å². The van der Waals surface area contributed by atoms with Crippen molar-refractivity contribution >= 4 is 5.97 Å². The molecule has 0 saturated carbocycles. The van der Waals surface area contributed by atoms with Crippen LogP contribution in [0.5, 0.6) is 0 Å². The molecular formula is C24H48O2. The topological polar surface area (TPSA) is 37.3 Å². The largest absolute Gasteiger partial charge is 0.481 e. The highest BCUT2D eigenvalue weighted by molar-refractivity contribution is 5.69. The maximum absolute atomic E-state index is 11.3. The van der Waals surface area contributed by atoms with E-state index in [1.165, 1.54) is 103 Å². The van der Waals surface area contributed by atoms with E-state index in [1.807, 2.05) is 0 Å². The van der Waals surface area contributed by atoms with Gasteiger partial charge in [0.15, 0.2) is 0 Å². The number of carbonyl (C=O) groups is 1. The van der Waals surface area contributed by atoms with Crippen LogP contribution in [0, 0.1) is 5.92 Å². The number of hydrogen-bond acceptors (Lipinski definition) is 1. The smallest absolute Gasteiger partial charge is 0.306 e. The third-order valence-corrected chi connectivity index (χ3v) is 5.66. The minimum absolute atomic E-state index is 0.0940. The summed E-state index contributed by atoms with van der Waals surface area (Å²) < 4.78 is 0. The zero-order valence-electron chi connectivity index (χ0n) is 18.1. The summed E-state index contributed by atoms with van der Waals surface area (Å²) in [6.45, 7) is 4.45. The summed E-state index contributed by atoms with van der Waals surface area (Å²) in [4.78, 5) is 11.3.